The lowest BCUT2D eigenvalue weighted by Crippen LogP contribution is -2.14. The summed E-state index contributed by atoms with van der Waals surface area (Å²) in [6.45, 7) is 0.728. The molecule has 0 spiro atoms. The number of hydrogen-bond acceptors (Lipinski definition) is 4. The number of anilines is 1. The number of aromatic nitrogens is 3. The maximum Gasteiger partial charge on any atom is 0.435 e. The SMILES string of the molecule is FC(F)(F)c1cc2c(NCC3CCSC3)nccn2n1. The van der Waals surface area contributed by atoms with Gasteiger partial charge in [-0.05, 0) is 23.8 Å². The fourth-order valence-corrected chi connectivity index (χ4v) is 3.47. The Morgan fingerprint density at radius 1 is 1.45 bits per heavy atom. The van der Waals surface area contributed by atoms with Crippen LogP contribution in [0.1, 0.15) is 12.1 Å². The number of rotatable bonds is 3. The molecular formula is C12H13F3N4S. The van der Waals surface area contributed by atoms with E-state index < -0.39 is 11.9 Å². The van der Waals surface area contributed by atoms with Crippen molar-refractivity contribution in [3.8, 4) is 0 Å². The molecule has 3 heterocycles. The molecule has 0 saturated carbocycles. The lowest BCUT2D eigenvalue weighted by atomic mass is 10.1. The topological polar surface area (TPSA) is 42.2 Å². The van der Waals surface area contributed by atoms with Crippen LogP contribution in [-0.2, 0) is 6.18 Å². The molecule has 0 aliphatic carbocycles. The number of hydrogen-bond donors (Lipinski definition) is 1. The highest BCUT2D eigenvalue weighted by atomic mass is 32.2. The van der Waals surface area contributed by atoms with Gasteiger partial charge in [0.05, 0.1) is 0 Å². The highest BCUT2D eigenvalue weighted by Gasteiger charge is 2.34. The molecule has 8 heteroatoms. The molecule has 1 saturated heterocycles. The molecule has 1 atom stereocenters. The first-order valence-electron chi connectivity index (χ1n) is 6.27. The van der Waals surface area contributed by atoms with Gasteiger partial charge in [-0.3, -0.25) is 0 Å². The molecular weight excluding hydrogens is 289 g/mol. The number of thioether (sulfide) groups is 1. The summed E-state index contributed by atoms with van der Waals surface area (Å²) in [5.41, 5.74) is -0.546. The summed E-state index contributed by atoms with van der Waals surface area (Å²) < 4.78 is 39.2. The van der Waals surface area contributed by atoms with E-state index in [2.05, 4.69) is 15.4 Å². The van der Waals surface area contributed by atoms with Crippen LogP contribution < -0.4 is 5.32 Å². The third-order valence-electron chi connectivity index (χ3n) is 3.26. The van der Waals surface area contributed by atoms with Gasteiger partial charge >= 0.3 is 6.18 Å². The van der Waals surface area contributed by atoms with Gasteiger partial charge in [-0.2, -0.15) is 30.0 Å². The molecule has 1 aliphatic rings. The van der Waals surface area contributed by atoms with E-state index in [4.69, 9.17) is 0 Å². The van der Waals surface area contributed by atoms with Crippen LogP contribution in [0.3, 0.4) is 0 Å². The molecule has 0 amide bonds. The smallest absolute Gasteiger partial charge is 0.368 e. The monoisotopic (exact) mass is 302 g/mol. The van der Waals surface area contributed by atoms with Crippen molar-refractivity contribution in [2.45, 2.75) is 12.6 Å². The quantitative estimate of drug-likeness (QED) is 0.946. The van der Waals surface area contributed by atoms with Crippen LogP contribution in [0.25, 0.3) is 5.52 Å². The van der Waals surface area contributed by atoms with Crippen molar-refractivity contribution in [2.24, 2.45) is 5.92 Å². The van der Waals surface area contributed by atoms with Crippen LogP contribution in [0.4, 0.5) is 19.0 Å². The van der Waals surface area contributed by atoms with Crippen molar-refractivity contribution < 1.29 is 13.2 Å². The lowest BCUT2D eigenvalue weighted by molar-refractivity contribution is -0.141. The molecule has 0 radical (unpaired) electrons. The number of fused-ring (bicyclic) bond motifs is 1. The summed E-state index contributed by atoms with van der Waals surface area (Å²) in [7, 11) is 0. The van der Waals surface area contributed by atoms with Crippen molar-refractivity contribution in [3.05, 3.63) is 24.2 Å². The molecule has 0 bridgehead atoms. The normalized spacial score (nSPS) is 19.6. The summed E-state index contributed by atoms with van der Waals surface area (Å²) >= 11 is 1.90. The molecule has 20 heavy (non-hydrogen) atoms. The highest BCUT2D eigenvalue weighted by molar-refractivity contribution is 7.99. The molecule has 1 unspecified atom stereocenters. The number of nitrogens with one attached hydrogen (secondary N) is 1. The highest BCUT2D eigenvalue weighted by Crippen LogP contribution is 2.30. The standard InChI is InChI=1S/C12H13F3N4S/c13-12(14,15)10-5-9-11(16-2-3-19(9)18-10)17-6-8-1-4-20-7-8/h2-3,5,8H,1,4,6-7H2,(H,16,17). The van der Waals surface area contributed by atoms with Crippen molar-refractivity contribution in [1.29, 1.82) is 0 Å². The Kier molecular flexibility index (Phi) is 3.49. The second-order valence-electron chi connectivity index (χ2n) is 4.74. The molecule has 0 aromatic carbocycles. The predicted molar refractivity (Wildman–Crippen MR) is 71.9 cm³/mol. The van der Waals surface area contributed by atoms with Crippen LogP contribution >= 0.6 is 11.8 Å². The Hall–Kier alpha value is -1.44. The summed E-state index contributed by atoms with van der Waals surface area (Å²) in [6.07, 6.45) is -0.438. The molecule has 1 fully saturated rings. The third-order valence-corrected chi connectivity index (χ3v) is 4.49. The van der Waals surface area contributed by atoms with E-state index in [1.165, 1.54) is 16.9 Å². The summed E-state index contributed by atoms with van der Waals surface area (Å²) in [6, 6.07) is 1.03. The Morgan fingerprint density at radius 3 is 3.00 bits per heavy atom. The number of halogens is 3. The first kappa shape index (κ1) is 13.5. The van der Waals surface area contributed by atoms with E-state index in [0.717, 1.165) is 30.5 Å². The van der Waals surface area contributed by atoms with Crippen molar-refractivity contribution >= 4 is 23.1 Å². The fourth-order valence-electron chi connectivity index (χ4n) is 2.18. The molecule has 108 valence electrons. The van der Waals surface area contributed by atoms with Gasteiger partial charge in [0.1, 0.15) is 5.52 Å². The van der Waals surface area contributed by atoms with Gasteiger partial charge in [0.25, 0.3) is 0 Å². The van der Waals surface area contributed by atoms with Gasteiger partial charge in [-0.25, -0.2) is 9.50 Å². The second-order valence-corrected chi connectivity index (χ2v) is 5.89. The summed E-state index contributed by atoms with van der Waals surface area (Å²) in [5, 5.41) is 6.67. The second kappa shape index (κ2) is 5.16. The van der Waals surface area contributed by atoms with E-state index in [9.17, 15) is 13.2 Å². The van der Waals surface area contributed by atoms with Gasteiger partial charge in [0, 0.05) is 25.0 Å². The lowest BCUT2D eigenvalue weighted by Gasteiger charge is -2.10. The van der Waals surface area contributed by atoms with Crippen LogP contribution in [-0.4, -0.2) is 32.6 Å². The maximum atomic E-state index is 12.7. The zero-order valence-corrected chi connectivity index (χ0v) is 11.3. The van der Waals surface area contributed by atoms with E-state index in [-0.39, 0.29) is 0 Å². The predicted octanol–water partition coefficient (Wildman–Crippen LogP) is 2.91. The van der Waals surface area contributed by atoms with Gasteiger partial charge < -0.3 is 5.32 Å². The molecule has 3 rings (SSSR count). The largest absolute Gasteiger partial charge is 0.435 e. The average molecular weight is 302 g/mol. The van der Waals surface area contributed by atoms with E-state index in [1.807, 2.05) is 11.8 Å². The third kappa shape index (κ3) is 2.70. The number of alkyl halides is 3. The van der Waals surface area contributed by atoms with E-state index in [1.54, 1.807) is 0 Å². The van der Waals surface area contributed by atoms with Crippen LogP contribution in [0, 0.1) is 5.92 Å². The minimum absolute atomic E-state index is 0.352. The van der Waals surface area contributed by atoms with Crippen molar-refractivity contribution in [1.82, 2.24) is 14.6 Å². The van der Waals surface area contributed by atoms with E-state index in [0.29, 0.717) is 17.3 Å². The molecule has 1 N–H and O–H groups in total. The minimum Gasteiger partial charge on any atom is -0.368 e. The molecule has 4 nitrogen and oxygen atoms in total. The maximum absolute atomic E-state index is 12.7. The first-order chi connectivity index (χ1) is 9.54. The van der Waals surface area contributed by atoms with Gasteiger partial charge in [0.15, 0.2) is 11.5 Å². The van der Waals surface area contributed by atoms with Crippen LogP contribution in [0.2, 0.25) is 0 Å². The summed E-state index contributed by atoms with van der Waals surface area (Å²) in [4.78, 5) is 4.12. The average Bonchev–Trinajstić information content (AvgIpc) is 3.04. The van der Waals surface area contributed by atoms with Crippen LogP contribution in [0.5, 0.6) is 0 Å². The van der Waals surface area contributed by atoms with E-state index >= 15 is 0 Å². The van der Waals surface area contributed by atoms with Gasteiger partial charge in [-0.15, -0.1) is 0 Å². The zero-order chi connectivity index (χ0) is 14.2. The molecule has 2 aromatic rings. The van der Waals surface area contributed by atoms with Gasteiger partial charge in [-0.1, -0.05) is 0 Å². The Morgan fingerprint density at radius 2 is 2.30 bits per heavy atom. The Balaban J connectivity index is 1.84. The molecule has 2 aromatic heterocycles. The minimum atomic E-state index is -4.44. The van der Waals surface area contributed by atoms with Crippen molar-refractivity contribution in [2.75, 3.05) is 23.4 Å². The first-order valence-corrected chi connectivity index (χ1v) is 7.43. The zero-order valence-electron chi connectivity index (χ0n) is 10.5. The Bertz CT molecular complexity index is 604. The van der Waals surface area contributed by atoms with Crippen LogP contribution in [0.15, 0.2) is 18.5 Å². The summed E-state index contributed by atoms with van der Waals surface area (Å²) in [5.74, 6) is 3.23. The van der Waals surface area contributed by atoms with Crippen molar-refractivity contribution in [3.63, 3.8) is 0 Å². The molecule has 1 aliphatic heterocycles. The Labute approximate surface area is 117 Å². The van der Waals surface area contributed by atoms with Gasteiger partial charge in [0.2, 0.25) is 0 Å². The fraction of sp³-hybridized carbons (Fsp3) is 0.500. The number of nitrogens with zero attached hydrogens (tertiary/aromatic N) is 3.